The minimum Gasteiger partial charge on any atom is -0.496 e. The molecule has 0 spiro atoms. The molecule has 2 N–H and O–H groups in total. The van der Waals surface area contributed by atoms with Gasteiger partial charge < -0.3 is 20.1 Å². The van der Waals surface area contributed by atoms with Crippen LogP contribution in [-0.4, -0.2) is 86.3 Å². The molecule has 2 aromatic carbocycles. The monoisotopic (exact) mass is 672 g/mol. The second-order valence-electron chi connectivity index (χ2n) is 16.8. The summed E-state index contributed by atoms with van der Waals surface area (Å²) >= 11 is 0. The second kappa shape index (κ2) is 15.0. The fraction of sp³-hybridized carbons (Fsp3) is 0.690. The first-order chi connectivity index (χ1) is 23.4. The third-order valence-corrected chi connectivity index (χ3v) is 13.6. The van der Waals surface area contributed by atoms with E-state index in [-0.39, 0.29) is 12.0 Å². The number of nitrogens with one attached hydrogen (secondary N) is 1. The van der Waals surface area contributed by atoms with Gasteiger partial charge in [0, 0.05) is 68.9 Å². The normalized spacial score (nSPS) is 30.3. The number of Topliss-reactive ketones (excluding diaryl/α,β-unsaturated/α-hetero) is 1. The van der Waals surface area contributed by atoms with Crippen molar-refractivity contribution in [2.75, 3.05) is 52.3 Å². The number of likely N-dealkylation sites (N-methyl/N-ethyl adjacent to an activating group) is 1. The van der Waals surface area contributed by atoms with Crippen LogP contribution in [0.25, 0.3) is 11.1 Å². The van der Waals surface area contributed by atoms with Crippen molar-refractivity contribution in [1.82, 2.24) is 15.1 Å². The average Bonchev–Trinajstić information content (AvgIpc) is 3.72. The SMILES string of the molecule is CCN1CCC[C@@H]1CNCc1cc(-c2cccc(CN3CC[C@@H]([C@H](C)O)[C@H]3C(=O)C[C@H]3C[C@H]4C[C@@H]([C@@H]3C)C4(C)C)c2OC)cc(N(C)C)c1. The Morgan fingerprint density at radius 3 is 2.59 bits per heavy atom. The lowest BCUT2D eigenvalue weighted by molar-refractivity contribution is -0.143. The summed E-state index contributed by atoms with van der Waals surface area (Å²) in [7, 11) is 5.97. The van der Waals surface area contributed by atoms with Gasteiger partial charge in [0.15, 0.2) is 5.78 Å². The molecule has 5 aliphatic rings. The Morgan fingerprint density at radius 1 is 1.12 bits per heavy atom. The van der Waals surface area contributed by atoms with Crippen LogP contribution in [0.1, 0.15) is 84.3 Å². The molecule has 3 saturated carbocycles. The van der Waals surface area contributed by atoms with E-state index in [9.17, 15) is 9.90 Å². The highest BCUT2D eigenvalue weighted by molar-refractivity contribution is 5.85. The number of methoxy groups -OCH3 is 1. The van der Waals surface area contributed by atoms with Crippen LogP contribution in [0.15, 0.2) is 36.4 Å². The van der Waals surface area contributed by atoms with Crippen LogP contribution in [-0.2, 0) is 17.9 Å². The van der Waals surface area contributed by atoms with Crippen LogP contribution < -0.4 is 15.0 Å². The zero-order chi connectivity index (χ0) is 35.0. The molecule has 7 rings (SSSR count). The minimum atomic E-state index is -0.511. The molecule has 0 unspecified atom stereocenters. The number of aliphatic hydroxyl groups excluding tert-OH is 1. The zero-order valence-electron chi connectivity index (χ0n) is 31.7. The number of anilines is 1. The van der Waals surface area contributed by atoms with Crippen LogP contribution in [0.5, 0.6) is 5.75 Å². The summed E-state index contributed by atoms with van der Waals surface area (Å²) in [4.78, 5) is 21.4. The molecule has 2 heterocycles. The van der Waals surface area contributed by atoms with Crippen molar-refractivity contribution >= 4 is 11.5 Å². The molecule has 7 heteroatoms. The minimum absolute atomic E-state index is 0.0352. The predicted octanol–water partition coefficient (Wildman–Crippen LogP) is 6.85. The molecule has 0 aromatic heterocycles. The number of aliphatic hydroxyl groups is 1. The zero-order valence-corrected chi connectivity index (χ0v) is 31.7. The van der Waals surface area contributed by atoms with Gasteiger partial charge in [-0.1, -0.05) is 45.9 Å². The Labute approximate surface area is 296 Å². The van der Waals surface area contributed by atoms with E-state index in [0.717, 1.165) is 66.9 Å². The van der Waals surface area contributed by atoms with E-state index in [0.29, 0.717) is 42.0 Å². The first kappa shape index (κ1) is 36.3. The number of ether oxygens (including phenoxy) is 1. The molecule has 0 amide bonds. The summed E-state index contributed by atoms with van der Waals surface area (Å²) in [6.45, 7) is 17.0. The highest BCUT2D eigenvalue weighted by Crippen LogP contribution is 2.63. The van der Waals surface area contributed by atoms with E-state index in [1.807, 2.05) is 6.92 Å². The van der Waals surface area contributed by atoms with Crippen LogP contribution in [0, 0.1) is 35.0 Å². The lowest BCUT2D eigenvalue weighted by Crippen LogP contribution is -2.55. The van der Waals surface area contributed by atoms with E-state index in [1.54, 1.807) is 7.11 Å². The summed E-state index contributed by atoms with van der Waals surface area (Å²) in [5.74, 6) is 3.66. The van der Waals surface area contributed by atoms with Gasteiger partial charge in [0.2, 0.25) is 0 Å². The average molecular weight is 673 g/mol. The highest BCUT2D eigenvalue weighted by atomic mass is 16.5. The van der Waals surface area contributed by atoms with Crippen LogP contribution in [0.4, 0.5) is 5.69 Å². The number of ketones is 1. The van der Waals surface area contributed by atoms with Crippen LogP contribution in [0.3, 0.4) is 0 Å². The third-order valence-electron chi connectivity index (χ3n) is 13.6. The van der Waals surface area contributed by atoms with E-state index in [4.69, 9.17) is 4.74 Å². The van der Waals surface area contributed by atoms with Crippen molar-refractivity contribution in [3.63, 3.8) is 0 Å². The third kappa shape index (κ3) is 7.33. The van der Waals surface area contributed by atoms with E-state index in [1.165, 1.54) is 43.5 Å². The van der Waals surface area contributed by atoms with Crippen molar-refractivity contribution in [3.05, 3.63) is 47.5 Å². The first-order valence-corrected chi connectivity index (χ1v) is 19.3. The van der Waals surface area contributed by atoms with Gasteiger partial charge in [0.05, 0.1) is 19.3 Å². The molecule has 0 radical (unpaired) electrons. The Morgan fingerprint density at radius 2 is 1.92 bits per heavy atom. The van der Waals surface area contributed by atoms with Gasteiger partial charge in [-0.3, -0.25) is 14.6 Å². The van der Waals surface area contributed by atoms with Crippen molar-refractivity contribution in [2.24, 2.45) is 35.0 Å². The number of para-hydroxylation sites is 1. The molecule has 2 aliphatic heterocycles. The number of likely N-dealkylation sites (tertiary alicyclic amines) is 2. The summed E-state index contributed by atoms with van der Waals surface area (Å²) in [6.07, 6.45) is 6.02. The summed E-state index contributed by atoms with van der Waals surface area (Å²) in [5.41, 5.74) is 6.15. The van der Waals surface area contributed by atoms with Gasteiger partial charge in [-0.05, 0) is 117 Å². The molecule has 2 bridgehead atoms. The van der Waals surface area contributed by atoms with Gasteiger partial charge in [-0.25, -0.2) is 0 Å². The van der Waals surface area contributed by atoms with Crippen LogP contribution >= 0.6 is 0 Å². The fourth-order valence-electron chi connectivity index (χ4n) is 10.4. The fourth-order valence-corrected chi connectivity index (χ4v) is 10.4. The van der Waals surface area contributed by atoms with E-state index >= 15 is 0 Å². The smallest absolute Gasteiger partial charge is 0.150 e. The first-order valence-electron chi connectivity index (χ1n) is 19.3. The molecular weight excluding hydrogens is 608 g/mol. The van der Waals surface area contributed by atoms with Gasteiger partial charge in [0.1, 0.15) is 5.75 Å². The molecule has 49 heavy (non-hydrogen) atoms. The van der Waals surface area contributed by atoms with Crippen molar-refractivity contribution in [3.8, 4) is 16.9 Å². The Bertz CT molecular complexity index is 1460. The highest BCUT2D eigenvalue weighted by Gasteiger charge is 2.56. The number of hydrogen-bond acceptors (Lipinski definition) is 7. The summed E-state index contributed by atoms with van der Waals surface area (Å²) in [6, 6.07) is 13.6. The predicted molar refractivity (Wildman–Crippen MR) is 201 cm³/mol. The van der Waals surface area contributed by atoms with Gasteiger partial charge in [0.25, 0.3) is 0 Å². The number of hydrogen-bond donors (Lipinski definition) is 2. The summed E-state index contributed by atoms with van der Waals surface area (Å²) < 4.78 is 6.20. The second-order valence-corrected chi connectivity index (χ2v) is 16.8. The van der Waals surface area contributed by atoms with Gasteiger partial charge in [-0.2, -0.15) is 0 Å². The lowest BCUT2D eigenvalue weighted by Gasteiger charge is -2.62. The maximum Gasteiger partial charge on any atom is 0.150 e. The Hall–Kier alpha value is -2.45. The maximum atomic E-state index is 14.2. The Kier molecular flexibility index (Phi) is 11.1. The quantitative estimate of drug-likeness (QED) is 0.228. The molecule has 8 atom stereocenters. The van der Waals surface area contributed by atoms with Crippen molar-refractivity contribution < 1.29 is 14.6 Å². The molecule has 270 valence electrons. The van der Waals surface area contributed by atoms with Crippen molar-refractivity contribution in [2.45, 2.75) is 104 Å². The lowest BCUT2D eigenvalue weighted by atomic mass is 9.43. The number of benzene rings is 2. The largest absolute Gasteiger partial charge is 0.496 e. The standard InChI is InChI=1S/C42H64N4O3/c1-9-45-16-11-13-34(45)25-43-24-29-18-32(21-35(19-29)44(6)7)37-14-10-12-30(41(37)49-8)26-46-17-15-36(28(3)47)40(46)39(48)22-31-20-33-23-38(27(31)2)42(33,4)5/h10,12,14,18-19,21,27-28,31,33-34,36,38,40,43,47H,9,11,13,15-17,20,22-26H2,1-8H3/t27-,28+,31-,33+,34-,36+,38+,40+/m1/s1. The van der Waals surface area contributed by atoms with E-state index in [2.05, 4.69) is 98.2 Å². The number of carbonyl (C=O) groups excluding carboxylic acids is 1. The molecular formula is C42H64N4O3. The number of nitrogens with zero attached hydrogens (tertiary/aromatic N) is 3. The molecule has 2 aromatic rings. The van der Waals surface area contributed by atoms with Gasteiger partial charge in [-0.15, -0.1) is 0 Å². The van der Waals surface area contributed by atoms with Crippen LogP contribution in [0.2, 0.25) is 0 Å². The number of fused-ring (bicyclic) bond motifs is 2. The molecule has 5 fully saturated rings. The Balaban J connectivity index is 1.21. The van der Waals surface area contributed by atoms with E-state index < -0.39 is 6.10 Å². The van der Waals surface area contributed by atoms with Gasteiger partial charge >= 0.3 is 0 Å². The summed E-state index contributed by atoms with van der Waals surface area (Å²) in [5, 5.41) is 14.6. The van der Waals surface area contributed by atoms with Crippen molar-refractivity contribution in [1.29, 1.82) is 0 Å². The molecule has 3 aliphatic carbocycles. The topological polar surface area (TPSA) is 68.3 Å². The number of carbonyl (C=O) groups is 1. The molecule has 2 saturated heterocycles. The number of rotatable bonds is 14. The molecule has 7 nitrogen and oxygen atoms in total. The maximum absolute atomic E-state index is 14.2.